The minimum Gasteiger partial charge on any atom is -0.480 e. The van der Waals surface area contributed by atoms with E-state index in [2.05, 4.69) is 0 Å². The van der Waals surface area contributed by atoms with Gasteiger partial charge in [0, 0.05) is 16.6 Å². The van der Waals surface area contributed by atoms with E-state index in [0.29, 0.717) is 16.6 Å². The van der Waals surface area contributed by atoms with Crippen molar-refractivity contribution in [3.63, 3.8) is 0 Å². The van der Waals surface area contributed by atoms with Gasteiger partial charge in [-0.05, 0) is 36.7 Å². The predicted octanol–water partition coefficient (Wildman–Crippen LogP) is 3.29. The van der Waals surface area contributed by atoms with Crippen LogP contribution in [0.1, 0.15) is 18.9 Å². The van der Waals surface area contributed by atoms with Gasteiger partial charge in [-0.15, -0.1) is 0 Å². The van der Waals surface area contributed by atoms with E-state index in [-0.39, 0.29) is 6.54 Å². The maximum absolute atomic E-state index is 10.7. The number of aliphatic carboxylic acids is 1. The second-order valence-electron chi connectivity index (χ2n) is 3.84. The fraction of sp³-hybridized carbons (Fsp3) is 0.417. The minimum atomic E-state index is -0.836. The summed E-state index contributed by atoms with van der Waals surface area (Å²) in [5.74, 6) is -0.836. The molecule has 1 aromatic carbocycles. The molecule has 0 aromatic heterocycles. The topological polar surface area (TPSA) is 40.5 Å². The molecule has 94 valence electrons. The van der Waals surface area contributed by atoms with E-state index in [1.807, 2.05) is 11.8 Å². The number of hydrogen-bond acceptors (Lipinski definition) is 2. The van der Waals surface area contributed by atoms with Gasteiger partial charge in [0.25, 0.3) is 0 Å². The van der Waals surface area contributed by atoms with Crippen molar-refractivity contribution in [2.45, 2.75) is 19.9 Å². The first-order valence-corrected chi connectivity index (χ1v) is 6.16. The summed E-state index contributed by atoms with van der Waals surface area (Å²) in [6, 6.07) is 5.22. The Kier molecular flexibility index (Phi) is 5.75. The van der Waals surface area contributed by atoms with E-state index in [4.69, 9.17) is 28.3 Å². The second kappa shape index (κ2) is 6.84. The van der Waals surface area contributed by atoms with Crippen LogP contribution in [-0.2, 0) is 11.3 Å². The Hall–Kier alpha value is -0.770. The highest BCUT2D eigenvalue weighted by atomic mass is 35.5. The zero-order chi connectivity index (χ0) is 12.8. The quantitative estimate of drug-likeness (QED) is 0.866. The Bertz CT molecular complexity index is 396. The molecule has 1 N–H and O–H groups in total. The van der Waals surface area contributed by atoms with Crippen molar-refractivity contribution in [2.24, 2.45) is 0 Å². The number of benzene rings is 1. The Labute approximate surface area is 111 Å². The maximum atomic E-state index is 10.7. The van der Waals surface area contributed by atoms with Gasteiger partial charge >= 0.3 is 5.97 Å². The highest BCUT2D eigenvalue weighted by Gasteiger charge is 2.11. The number of halogens is 2. The van der Waals surface area contributed by atoms with Crippen LogP contribution in [0.4, 0.5) is 0 Å². The van der Waals surface area contributed by atoms with Crippen molar-refractivity contribution < 1.29 is 9.90 Å². The van der Waals surface area contributed by atoms with Crippen molar-refractivity contribution in [1.82, 2.24) is 4.90 Å². The molecule has 1 aromatic rings. The number of carboxylic acid groups (broad SMARTS) is 1. The van der Waals surface area contributed by atoms with Gasteiger partial charge in [-0.2, -0.15) is 0 Å². The molecule has 17 heavy (non-hydrogen) atoms. The van der Waals surface area contributed by atoms with E-state index >= 15 is 0 Å². The molecule has 0 bridgehead atoms. The summed E-state index contributed by atoms with van der Waals surface area (Å²) >= 11 is 11.9. The fourth-order valence-corrected chi connectivity index (χ4v) is 2.00. The predicted molar refractivity (Wildman–Crippen MR) is 69.7 cm³/mol. The molecule has 0 spiro atoms. The molecule has 0 radical (unpaired) electrons. The van der Waals surface area contributed by atoms with Gasteiger partial charge < -0.3 is 5.11 Å². The van der Waals surface area contributed by atoms with Crippen LogP contribution in [-0.4, -0.2) is 29.1 Å². The van der Waals surface area contributed by atoms with Gasteiger partial charge in [0.1, 0.15) is 0 Å². The van der Waals surface area contributed by atoms with Crippen molar-refractivity contribution >= 4 is 29.2 Å². The lowest BCUT2D eigenvalue weighted by atomic mass is 10.2. The third-order valence-corrected chi connectivity index (χ3v) is 2.90. The van der Waals surface area contributed by atoms with Gasteiger partial charge in [0.2, 0.25) is 0 Å². The summed E-state index contributed by atoms with van der Waals surface area (Å²) in [4.78, 5) is 12.6. The van der Waals surface area contributed by atoms with Crippen LogP contribution in [0.2, 0.25) is 10.0 Å². The largest absolute Gasteiger partial charge is 0.480 e. The van der Waals surface area contributed by atoms with Gasteiger partial charge in [0.05, 0.1) is 6.54 Å². The van der Waals surface area contributed by atoms with Crippen LogP contribution in [0.5, 0.6) is 0 Å². The number of hydrogen-bond donors (Lipinski definition) is 1. The van der Waals surface area contributed by atoms with Gasteiger partial charge in [-0.3, -0.25) is 9.69 Å². The lowest BCUT2D eigenvalue weighted by Gasteiger charge is -2.20. The van der Waals surface area contributed by atoms with Crippen LogP contribution >= 0.6 is 23.2 Å². The molecule has 0 heterocycles. The number of nitrogens with zero attached hydrogens (tertiary/aromatic N) is 1. The lowest BCUT2D eigenvalue weighted by molar-refractivity contribution is -0.138. The first-order chi connectivity index (χ1) is 8.02. The molecule has 0 aliphatic rings. The average molecular weight is 276 g/mol. The normalized spacial score (nSPS) is 10.8. The number of carbonyl (C=O) groups is 1. The average Bonchev–Trinajstić information content (AvgIpc) is 2.23. The zero-order valence-corrected chi connectivity index (χ0v) is 11.1. The van der Waals surface area contributed by atoms with E-state index in [1.54, 1.807) is 18.2 Å². The van der Waals surface area contributed by atoms with Gasteiger partial charge in [-0.25, -0.2) is 0 Å². The smallest absolute Gasteiger partial charge is 0.317 e. The number of carboxylic acids is 1. The molecule has 1 rings (SSSR count). The van der Waals surface area contributed by atoms with Crippen LogP contribution in [0.25, 0.3) is 0 Å². The van der Waals surface area contributed by atoms with E-state index in [9.17, 15) is 4.79 Å². The third kappa shape index (κ3) is 4.94. The molecule has 0 amide bonds. The Morgan fingerprint density at radius 3 is 2.71 bits per heavy atom. The SMILES string of the molecule is CCCN(CC(=O)O)Cc1cc(Cl)ccc1Cl. The van der Waals surface area contributed by atoms with Gasteiger partial charge in [0.15, 0.2) is 0 Å². The van der Waals surface area contributed by atoms with Gasteiger partial charge in [-0.1, -0.05) is 30.1 Å². The third-order valence-electron chi connectivity index (χ3n) is 2.30. The van der Waals surface area contributed by atoms with Crippen molar-refractivity contribution in [1.29, 1.82) is 0 Å². The van der Waals surface area contributed by atoms with E-state index in [1.165, 1.54) is 0 Å². The molecule has 0 saturated heterocycles. The Morgan fingerprint density at radius 1 is 1.41 bits per heavy atom. The summed E-state index contributed by atoms with van der Waals surface area (Å²) in [5, 5.41) is 10.0. The Balaban J connectivity index is 2.77. The zero-order valence-electron chi connectivity index (χ0n) is 9.62. The summed E-state index contributed by atoms with van der Waals surface area (Å²) < 4.78 is 0. The highest BCUT2D eigenvalue weighted by molar-refractivity contribution is 6.33. The lowest BCUT2D eigenvalue weighted by Crippen LogP contribution is -2.30. The second-order valence-corrected chi connectivity index (χ2v) is 4.68. The molecule has 0 aliphatic carbocycles. The molecule has 3 nitrogen and oxygen atoms in total. The van der Waals surface area contributed by atoms with E-state index in [0.717, 1.165) is 18.5 Å². The van der Waals surface area contributed by atoms with E-state index < -0.39 is 5.97 Å². The highest BCUT2D eigenvalue weighted by Crippen LogP contribution is 2.22. The maximum Gasteiger partial charge on any atom is 0.317 e. The van der Waals surface area contributed by atoms with Crippen LogP contribution in [0.3, 0.4) is 0 Å². The van der Waals surface area contributed by atoms with Crippen molar-refractivity contribution in [2.75, 3.05) is 13.1 Å². The van der Waals surface area contributed by atoms with Crippen LogP contribution < -0.4 is 0 Å². The standard InChI is InChI=1S/C12H15Cl2NO2/c1-2-5-15(8-12(16)17)7-9-6-10(13)3-4-11(9)14/h3-4,6H,2,5,7-8H2,1H3,(H,16,17). The summed E-state index contributed by atoms with van der Waals surface area (Å²) in [6.45, 7) is 3.24. The molecular weight excluding hydrogens is 261 g/mol. The summed E-state index contributed by atoms with van der Waals surface area (Å²) in [5.41, 5.74) is 0.855. The van der Waals surface area contributed by atoms with Crippen molar-refractivity contribution in [3.8, 4) is 0 Å². The van der Waals surface area contributed by atoms with Crippen LogP contribution in [0, 0.1) is 0 Å². The monoisotopic (exact) mass is 275 g/mol. The Morgan fingerprint density at radius 2 is 2.12 bits per heavy atom. The first-order valence-electron chi connectivity index (χ1n) is 5.41. The molecule has 0 saturated carbocycles. The van der Waals surface area contributed by atoms with Crippen LogP contribution in [0.15, 0.2) is 18.2 Å². The van der Waals surface area contributed by atoms with Crippen molar-refractivity contribution in [3.05, 3.63) is 33.8 Å². The molecule has 0 unspecified atom stereocenters. The molecule has 0 atom stereocenters. The summed E-state index contributed by atoms with van der Waals surface area (Å²) in [7, 11) is 0. The minimum absolute atomic E-state index is 0.0106. The molecule has 0 fully saturated rings. The number of rotatable bonds is 6. The molecule has 5 heteroatoms. The summed E-state index contributed by atoms with van der Waals surface area (Å²) in [6.07, 6.45) is 0.894. The fourth-order valence-electron chi connectivity index (χ4n) is 1.63. The first kappa shape index (κ1) is 14.3. The molecule has 0 aliphatic heterocycles. The molecular formula is C12H15Cl2NO2.